The SMILES string of the molecule is CCNC(=O)c1ccc(N(CC(=O)O)C(C)CC)nn1. The standard InChI is InChI=1S/C13H20N4O3/c1-4-9(3)17(8-12(18)19)11-7-6-10(15-16-11)13(20)14-5-2/h6-7,9H,4-5,8H2,1-3H3,(H,14,20)(H,18,19). The summed E-state index contributed by atoms with van der Waals surface area (Å²) in [5.74, 6) is -0.769. The maximum absolute atomic E-state index is 11.6. The minimum Gasteiger partial charge on any atom is -0.480 e. The number of aliphatic carboxylic acids is 1. The lowest BCUT2D eigenvalue weighted by atomic mass is 10.2. The van der Waals surface area contributed by atoms with Crippen molar-refractivity contribution in [1.29, 1.82) is 0 Å². The highest BCUT2D eigenvalue weighted by Crippen LogP contribution is 2.15. The molecule has 1 heterocycles. The lowest BCUT2D eigenvalue weighted by molar-refractivity contribution is -0.135. The number of carbonyl (C=O) groups excluding carboxylic acids is 1. The molecule has 0 fully saturated rings. The van der Waals surface area contributed by atoms with Gasteiger partial charge in [0.15, 0.2) is 11.5 Å². The summed E-state index contributed by atoms with van der Waals surface area (Å²) in [7, 11) is 0. The quantitative estimate of drug-likeness (QED) is 0.771. The first-order valence-corrected chi connectivity index (χ1v) is 6.59. The molecule has 110 valence electrons. The topological polar surface area (TPSA) is 95.4 Å². The van der Waals surface area contributed by atoms with Gasteiger partial charge < -0.3 is 15.3 Å². The Balaban J connectivity index is 2.92. The number of carboxylic acid groups (broad SMARTS) is 1. The normalized spacial score (nSPS) is 11.8. The largest absolute Gasteiger partial charge is 0.480 e. The molecule has 0 saturated carbocycles. The van der Waals surface area contributed by atoms with Crippen molar-refractivity contribution in [2.24, 2.45) is 0 Å². The Hall–Kier alpha value is -2.18. The van der Waals surface area contributed by atoms with E-state index in [0.717, 1.165) is 6.42 Å². The van der Waals surface area contributed by atoms with Gasteiger partial charge in [0.05, 0.1) is 0 Å². The zero-order valence-corrected chi connectivity index (χ0v) is 12.0. The molecule has 1 amide bonds. The van der Waals surface area contributed by atoms with Crippen LogP contribution in [0, 0.1) is 0 Å². The number of nitrogens with zero attached hydrogens (tertiary/aromatic N) is 3. The van der Waals surface area contributed by atoms with Gasteiger partial charge in [-0.2, -0.15) is 0 Å². The van der Waals surface area contributed by atoms with Crippen molar-refractivity contribution in [3.63, 3.8) is 0 Å². The molecule has 0 aliphatic heterocycles. The molecular weight excluding hydrogens is 260 g/mol. The summed E-state index contributed by atoms with van der Waals surface area (Å²) in [6.45, 7) is 6.07. The van der Waals surface area contributed by atoms with Gasteiger partial charge in [0.25, 0.3) is 5.91 Å². The van der Waals surface area contributed by atoms with Gasteiger partial charge in [0.2, 0.25) is 0 Å². The summed E-state index contributed by atoms with van der Waals surface area (Å²) < 4.78 is 0. The average molecular weight is 280 g/mol. The van der Waals surface area contributed by atoms with Crippen molar-refractivity contribution in [3.8, 4) is 0 Å². The second kappa shape index (κ2) is 7.42. The Labute approximate surface area is 118 Å². The molecule has 20 heavy (non-hydrogen) atoms. The third kappa shape index (κ3) is 4.18. The first-order valence-electron chi connectivity index (χ1n) is 6.59. The zero-order valence-electron chi connectivity index (χ0n) is 12.0. The van der Waals surface area contributed by atoms with E-state index in [0.29, 0.717) is 12.4 Å². The smallest absolute Gasteiger partial charge is 0.323 e. The minimum absolute atomic E-state index is 0.0238. The highest BCUT2D eigenvalue weighted by atomic mass is 16.4. The van der Waals surface area contributed by atoms with Crippen LogP contribution in [0.1, 0.15) is 37.7 Å². The Bertz CT molecular complexity index is 461. The Kier molecular flexibility index (Phi) is 5.89. The first-order chi connectivity index (χ1) is 9.49. The fourth-order valence-corrected chi connectivity index (χ4v) is 1.68. The van der Waals surface area contributed by atoms with Gasteiger partial charge >= 0.3 is 5.97 Å². The van der Waals surface area contributed by atoms with Crippen LogP contribution < -0.4 is 10.2 Å². The summed E-state index contributed by atoms with van der Waals surface area (Å²) in [4.78, 5) is 24.1. The van der Waals surface area contributed by atoms with E-state index in [1.807, 2.05) is 20.8 Å². The first kappa shape index (κ1) is 15.9. The van der Waals surface area contributed by atoms with Crippen LogP contribution in [0.3, 0.4) is 0 Å². The van der Waals surface area contributed by atoms with E-state index in [-0.39, 0.29) is 24.2 Å². The lowest BCUT2D eigenvalue weighted by Gasteiger charge is -2.27. The van der Waals surface area contributed by atoms with E-state index in [4.69, 9.17) is 5.11 Å². The van der Waals surface area contributed by atoms with Crippen molar-refractivity contribution in [2.75, 3.05) is 18.0 Å². The molecule has 7 heteroatoms. The van der Waals surface area contributed by atoms with Gasteiger partial charge in [-0.05, 0) is 32.4 Å². The summed E-state index contributed by atoms with van der Waals surface area (Å²) >= 11 is 0. The highest BCUT2D eigenvalue weighted by molar-refractivity contribution is 5.92. The third-order valence-electron chi connectivity index (χ3n) is 2.94. The summed E-state index contributed by atoms with van der Waals surface area (Å²) in [5, 5.41) is 19.4. The molecule has 1 unspecified atom stereocenters. The van der Waals surface area contributed by atoms with E-state index >= 15 is 0 Å². The van der Waals surface area contributed by atoms with E-state index in [9.17, 15) is 9.59 Å². The molecule has 0 bridgehead atoms. The summed E-state index contributed by atoms with van der Waals surface area (Å²) in [6.07, 6.45) is 0.785. The molecule has 1 atom stereocenters. The van der Waals surface area contributed by atoms with Gasteiger partial charge in [0.1, 0.15) is 6.54 Å². The molecule has 0 aliphatic carbocycles. The molecule has 1 rings (SSSR count). The number of carboxylic acids is 1. The van der Waals surface area contributed by atoms with Crippen molar-refractivity contribution in [2.45, 2.75) is 33.2 Å². The van der Waals surface area contributed by atoms with Gasteiger partial charge in [-0.15, -0.1) is 10.2 Å². The van der Waals surface area contributed by atoms with E-state index in [1.165, 1.54) is 0 Å². The Morgan fingerprint density at radius 2 is 2.05 bits per heavy atom. The lowest BCUT2D eigenvalue weighted by Crippen LogP contribution is -2.38. The maximum atomic E-state index is 11.6. The number of rotatable bonds is 7. The average Bonchev–Trinajstić information content (AvgIpc) is 2.44. The Morgan fingerprint density at radius 3 is 2.50 bits per heavy atom. The number of carbonyl (C=O) groups is 2. The van der Waals surface area contributed by atoms with Gasteiger partial charge in [-0.3, -0.25) is 9.59 Å². The number of anilines is 1. The van der Waals surface area contributed by atoms with Crippen LogP contribution in [0.15, 0.2) is 12.1 Å². The van der Waals surface area contributed by atoms with Gasteiger partial charge in [0, 0.05) is 12.6 Å². The molecule has 1 aromatic heterocycles. The number of aromatic nitrogens is 2. The summed E-state index contributed by atoms with van der Waals surface area (Å²) in [5.41, 5.74) is 0.218. The van der Waals surface area contributed by atoms with Crippen LogP contribution in [0.5, 0.6) is 0 Å². The van der Waals surface area contributed by atoms with Crippen LogP contribution in [0.4, 0.5) is 5.82 Å². The van der Waals surface area contributed by atoms with Crippen molar-refractivity contribution >= 4 is 17.7 Å². The number of nitrogens with one attached hydrogen (secondary N) is 1. The molecule has 0 spiro atoms. The van der Waals surface area contributed by atoms with Crippen molar-refractivity contribution in [1.82, 2.24) is 15.5 Å². The van der Waals surface area contributed by atoms with Crippen LogP contribution >= 0.6 is 0 Å². The fourth-order valence-electron chi connectivity index (χ4n) is 1.68. The highest BCUT2D eigenvalue weighted by Gasteiger charge is 2.18. The zero-order chi connectivity index (χ0) is 15.1. The van der Waals surface area contributed by atoms with Crippen LogP contribution in [-0.2, 0) is 4.79 Å². The molecular formula is C13H20N4O3. The monoisotopic (exact) mass is 280 g/mol. The van der Waals surface area contributed by atoms with Crippen molar-refractivity contribution < 1.29 is 14.7 Å². The number of hydrogen-bond acceptors (Lipinski definition) is 5. The molecule has 0 saturated heterocycles. The van der Waals surface area contributed by atoms with E-state index < -0.39 is 5.97 Å². The van der Waals surface area contributed by atoms with Crippen LogP contribution in [0.2, 0.25) is 0 Å². The van der Waals surface area contributed by atoms with Gasteiger partial charge in [-0.25, -0.2) is 0 Å². The predicted molar refractivity (Wildman–Crippen MR) is 74.8 cm³/mol. The van der Waals surface area contributed by atoms with Gasteiger partial charge in [-0.1, -0.05) is 6.92 Å². The molecule has 7 nitrogen and oxygen atoms in total. The number of amides is 1. The molecule has 1 aromatic rings. The van der Waals surface area contributed by atoms with Crippen molar-refractivity contribution in [3.05, 3.63) is 17.8 Å². The third-order valence-corrected chi connectivity index (χ3v) is 2.94. The molecule has 0 aromatic carbocycles. The predicted octanol–water partition coefficient (Wildman–Crippen LogP) is 0.916. The Morgan fingerprint density at radius 1 is 1.35 bits per heavy atom. The second-order valence-electron chi connectivity index (χ2n) is 4.42. The summed E-state index contributed by atoms with van der Waals surface area (Å²) in [6, 6.07) is 3.19. The van der Waals surface area contributed by atoms with Crippen LogP contribution in [-0.4, -0.2) is 46.3 Å². The maximum Gasteiger partial charge on any atom is 0.323 e. The number of hydrogen-bond donors (Lipinski definition) is 2. The molecule has 0 aliphatic rings. The van der Waals surface area contributed by atoms with Crippen LogP contribution in [0.25, 0.3) is 0 Å². The second-order valence-corrected chi connectivity index (χ2v) is 4.42. The minimum atomic E-state index is -0.931. The van der Waals surface area contributed by atoms with E-state index in [2.05, 4.69) is 15.5 Å². The molecule has 2 N–H and O–H groups in total. The fraction of sp³-hybridized carbons (Fsp3) is 0.538. The molecule has 0 radical (unpaired) electrons. The van der Waals surface area contributed by atoms with E-state index in [1.54, 1.807) is 17.0 Å².